The maximum absolute atomic E-state index is 13.0. The van der Waals surface area contributed by atoms with Crippen molar-refractivity contribution in [3.05, 3.63) is 27.7 Å². The van der Waals surface area contributed by atoms with Gasteiger partial charge in [0.15, 0.2) is 0 Å². The molecule has 0 atom stereocenters. The first-order valence-corrected chi connectivity index (χ1v) is 4.80. The minimum absolute atomic E-state index is 0.387. The van der Waals surface area contributed by atoms with E-state index in [4.69, 9.17) is 0 Å². The summed E-state index contributed by atoms with van der Waals surface area (Å²) in [5.74, 6) is 0.134. The van der Waals surface area contributed by atoms with Crippen molar-refractivity contribution in [1.29, 1.82) is 0 Å². The minimum atomic E-state index is -0.387. The van der Waals surface area contributed by atoms with E-state index in [2.05, 4.69) is 20.9 Å². The monoisotopic (exact) mass is 229 g/mol. The Morgan fingerprint density at radius 2 is 2.25 bits per heavy atom. The number of hydrogen-bond acceptors (Lipinski definition) is 1. The molecule has 0 radical (unpaired) electrons. The van der Waals surface area contributed by atoms with Crippen LogP contribution in [0.15, 0.2) is 10.5 Å². The highest BCUT2D eigenvalue weighted by Gasteiger charge is 2.27. The minimum Gasteiger partial charge on any atom is -0.223 e. The summed E-state index contributed by atoms with van der Waals surface area (Å²) in [6.07, 6.45) is 2.32. The Balaban J connectivity index is 2.47. The number of halogens is 2. The fourth-order valence-corrected chi connectivity index (χ4v) is 1.77. The van der Waals surface area contributed by atoms with E-state index >= 15 is 0 Å². The second-order valence-corrected chi connectivity index (χ2v) is 4.09. The van der Waals surface area contributed by atoms with E-state index in [1.165, 1.54) is 0 Å². The molecule has 0 N–H and O–H groups in total. The molecule has 1 nitrogen and oxygen atoms in total. The van der Waals surface area contributed by atoms with Crippen LogP contribution in [0.25, 0.3) is 0 Å². The van der Waals surface area contributed by atoms with Gasteiger partial charge in [0.05, 0.1) is 4.47 Å². The summed E-state index contributed by atoms with van der Waals surface area (Å²) in [7, 11) is 0. The maximum atomic E-state index is 13.0. The molecule has 12 heavy (non-hydrogen) atoms. The zero-order valence-electron chi connectivity index (χ0n) is 6.77. The smallest absolute Gasteiger partial charge is 0.223 e. The number of aromatic nitrogens is 1. The number of rotatable bonds is 1. The molecule has 1 fully saturated rings. The van der Waals surface area contributed by atoms with Gasteiger partial charge in [-0.3, -0.25) is 0 Å². The molecule has 0 aliphatic heterocycles. The van der Waals surface area contributed by atoms with E-state index in [0.29, 0.717) is 10.4 Å². The van der Waals surface area contributed by atoms with E-state index in [1.807, 2.05) is 6.92 Å². The molecule has 0 bridgehead atoms. The predicted molar refractivity (Wildman–Crippen MR) is 48.6 cm³/mol. The van der Waals surface area contributed by atoms with Crippen molar-refractivity contribution in [2.45, 2.75) is 25.7 Å². The fourth-order valence-electron chi connectivity index (χ4n) is 1.34. The molecule has 1 saturated carbocycles. The van der Waals surface area contributed by atoms with E-state index in [0.717, 1.165) is 24.1 Å². The van der Waals surface area contributed by atoms with Gasteiger partial charge in [0, 0.05) is 11.6 Å². The van der Waals surface area contributed by atoms with Gasteiger partial charge in [0.1, 0.15) is 0 Å². The van der Waals surface area contributed by atoms with E-state index in [9.17, 15) is 4.39 Å². The third kappa shape index (κ3) is 1.38. The van der Waals surface area contributed by atoms with Crippen molar-refractivity contribution in [1.82, 2.24) is 4.98 Å². The van der Waals surface area contributed by atoms with Crippen molar-refractivity contribution in [2.24, 2.45) is 0 Å². The summed E-state index contributed by atoms with van der Waals surface area (Å²) >= 11 is 3.11. The molecule has 0 unspecified atom stereocenters. The van der Waals surface area contributed by atoms with Crippen molar-refractivity contribution >= 4 is 15.9 Å². The number of hydrogen-bond donors (Lipinski definition) is 0. The summed E-state index contributed by atoms with van der Waals surface area (Å²) in [5, 5.41) is 0. The van der Waals surface area contributed by atoms with Crippen LogP contribution in [0.3, 0.4) is 0 Å². The molecule has 1 heterocycles. The summed E-state index contributed by atoms with van der Waals surface area (Å²) in [5.41, 5.74) is 2.03. The van der Waals surface area contributed by atoms with Crippen molar-refractivity contribution in [3.63, 3.8) is 0 Å². The van der Waals surface area contributed by atoms with Gasteiger partial charge in [-0.25, -0.2) is 4.98 Å². The van der Waals surface area contributed by atoms with E-state index in [1.54, 1.807) is 6.07 Å². The van der Waals surface area contributed by atoms with Crippen LogP contribution in [0.5, 0.6) is 0 Å². The van der Waals surface area contributed by atoms with Crippen LogP contribution in [0.2, 0.25) is 0 Å². The largest absolute Gasteiger partial charge is 0.227 e. The molecule has 0 aromatic carbocycles. The molecule has 2 rings (SSSR count). The third-order valence-electron chi connectivity index (χ3n) is 2.13. The highest BCUT2D eigenvalue weighted by atomic mass is 79.9. The van der Waals surface area contributed by atoms with Gasteiger partial charge >= 0.3 is 0 Å². The molecular formula is C9H9BrFN. The molecule has 0 amide bonds. The molecule has 1 aliphatic carbocycles. The maximum Gasteiger partial charge on any atom is 0.227 e. The first-order chi connectivity index (χ1) is 5.68. The lowest BCUT2D eigenvalue weighted by Gasteiger charge is -2.03. The van der Waals surface area contributed by atoms with Gasteiger partial charge < -0.3 is 0 Å². The van der Waals surface area contributed by atoms with Crippen LogP contribution in [0.1, 0.15) is 30.0 Å². The Kier molecular flexibility index (Phi) is 1.91. The Morgan fingerprint density at radius 1 is 1.58 bits per heavy atom. The van der Waals surface area contributed by atoms with Gasteiger partial charge in [-0.15, -0.1) is 0 Å². The SMILES string of the molecule is Cc1cc(Br)c(F)nc1C1CC1. The molecule has 1 aromatic rings. The summed E-state index contributed by atoms with van der Waals surface area (Å²) < 4.78 is 13.5. The van der Waals surface area contributed by atoms with Crippen LogP contribution < -0.4 is 0 Å². The number of pyridine rings is 1. The normalized spacial score (nSPS) is 16.6. The molecule has 0 spiro atoms. The second-order valence-electron chi connectivity index (χ2n) is 3.24. The predicted octanol–water partition coefficient (Wildman–Crippen LogP) is 3.17. The average Bonchev–Trinajstić information content (AvgIpc) is 2.79. The van der Waals surface area contributed by atoms with Gasteiger partial charge in [0.2, 0.25) is 5.95 Å². The Bertz CT molecular complexity index is 321. The van der Waals surface area contributed by atoms with Crippen LogP contribution >= 0.6 is 15.9 Å². The van der Waals surface area contributed by atoms with Gasteiger partial charge in [-0.1, -0.05) is 0 Å². The second kappa shape index (κ2) is 2.80. The lowest BCUT2D eigenvalue weighted by Crippen LogP contribution is -1.95. The topological polar surface area (TPSA) is 12.9 Å². The van der Waals surface area contributed by atoms with E-state index in [-0.39, 0.29) is 5.95 Å². The lowest BCUT2D eigenvalue weighted by atomic mass is 10.1. The van der Waals surface area contributed by atoms with Crippen molar-refractivity contribution < 1.29 is 4.39 Å². The first-order valence-electron chi connectivity index (χ1n) is 4.01. The molecule has 1 aromatic heterocycles. The van der Waals surface area contributed by atoms with Gasteiger partial charge in [-0.2, -0.15) is 4.39 Å². The number of nitrogens with zero attached hydrogens (tertiary/aromatic N) is 1. The molecule has 3 heteroatoms. The molecular weight excluding hydrogens is 221 g/mol. The van der Waals surface area contributed by atoms with Crippen molar-refractivity contribution in [2.75, 3.05) is 0 Å². The zero-order valence-corrected chi connectivity index (χ0v) is 8.36. The summed E-state index contributed by atoms with van der Waals surface area (Å²) in [6.45, 7) is 1.98. The molecule has 0 saturated heterocycles. The van der Waals surface area contributed by atoms with Crippen LogP contribution in [0.4, 0.5) is 4.39 Å². The summed E-state index contributed by atoms with van der Waals surface area (Å²) in [6, 6.07) is 1.80. The zero-order chi connectivity index (χ0) is 8.72. The molecule has 64 valence electrons. The first kappa shape index (κ1) is 8.17. The van der Waals surface area contributed by atoms with Gasteiger partial charge in [0.25, 0.3) is 0 Å². The van der Waals surface area contributed by atoms with Crippen LogP contribution in [-0.4, -0.2) is 4.98 Å². The van der Waals surface area contributed by atoms with Crippen molar-refractivity contribution in [3.8, 4) is 0 Å². The Hall–Kier alpha value is -0.440. The highest BCUT2D eigenvalue weighted by molar-refractivity contribution is 9.10. The summed E-state index contributed by atoms with van der Waals surface area (Å²) in [4.78, 5) is 3.92. The highest BCUT2D eigenvalue weighted by Crippen LogP contribution is 2.41. The molecule has 1 aliphatic rings. The quantitative estimate of drug-likeness (QED) is 0.675. The average molecular weight is 230 g/mol. The van der Waals surface area contributed by atoms with Gasteiger partial charge in [-0.05, 0) is 47.3 Å². The lowest BCUT2D eigenvalue weighted by molar-refractivity contribution is 0.568. The number of aryl methyl sites for hydroxylation is 1. The fraction of sp³-hybridized carbons (Fsp3) is 0.444. The Labute approximate surface area is 79.1 Å². The Morgan fingerprint density at radius 3 is 2.83 bits per heavy atom. The third-order valence-corrected chi connectivity index (χ3v) is 2.68. The standard InChI is InChI=1S/C9H9BrFN/c1-5-4-7(10)9(11)12-8(5)6-2-3-6/h4,6H,2-3H2,1H3. The van der Waals surface area contributed by atoms with Crippen LogP contribution in [0, 0.1) is 12.9 Å². The van der Waals surface area contributed by atoms with E-state index < -0.39 is 0 Å². The van der Waals surface area contributed by atoms with Crippen LogP contribution in [-0.2, 0) is 0 Å².